The smallest absolute Gasteiger partial charge is 0.237 e. The van der Waals surface area contributed by atoms with Crippen LogP contribution in [-0.4, -0.2) is 72.2 Å². The first kappa shape index (κ1) is 13.8. The lowest BCUT2D eigenvalue weighted by molar-refractivity contribution is -0.126. The van der Waals surface area contributed by atoms with Gasteiger partial charge in [-0.1, -0.05) is 0 Å². The molecule has 1 saturated carbocycles. The molecule has 1 unspecified atom stereocenters. The topological polar surface area (TPSA) is 55.8 Å². The number of rotatable bonds is 6. The van der Waals surface area contributed by atoms with E-state index in [1.807, 2.05) is 6.92 Å². The maximum atomic E-state index is 11.9. The first-order valence-electron chi connectivity index (χ1n) is 7.08. The van der Waals surface area contributed by atoms with Gasteiger partial charge in [0.2, 0.25) is 5.91 Å². The molecule has 2 fully saturated rings. The van der Waals surface area contributed by atoms with E-state index in [1.165, 1.54) is 0 Å². The number of nitrogens with zero attached hydrogens (tertiary/aromatic N) is 2. The van der Waals surface area contributed by atoms with Gasteiger partial charge >= 0.3 is 0 Å². The minimum atomic E-state index is -0.00871. The third kappa shape index (κ3) is 3.93. The van der Waals surface area contributed by atoms with Gasteiger partial charge in [0.15, 0.2) is 0 Å². The van der Waals surface area contributed by atoms with E-state index in [-0.39, 0.29) is 18.6 Å². The number of amides is 1. The molecule has 5 heteroatoms. The molecule has 0 radical (unpaired) electrons. The lowest BCUT2D eigenvalue weighted by atomic mass is 10.2. The van der Waals surface area contributed by atoms with E-state index in [0.29, 0.717) is 6.04 Å². The van der Waals surface area contributed by atoms with E-state index < -0.39 is 0 Å². The fourth-order valence-corrected chi connectivity index (χ4v) is 2.38. The highest BCUT2D eigenvalue weighted by atomic mass is 16.3. The van der Waals surface area contributed by atoms with Crippen molar-refractivity contribution in [1.29, 1.82) is 0 Å². The lowest BCUT2D eigenvalue weighted by Gasteiger charge is -2.37. The SMILES string of the molecule is CC(C(=O)NC1CC1)N1CCN(CCCO)CC1. The molecule has 1 saturated heterocycles. The summed E-state index contributed by atoms with van der Waals surface area (Å²) < 4.78 is 0. The van der Waals surface area contributed by atoms with E-state index in [9.17, 15) is 4.79 Å². The Bertz CT molecular complexity index is 273. The minimum Gasteiger partial charge on any atom is -0.396 e. The number of carbonyl (C=O) groups is 1. The zero-order chi connectivity index (χ0) is 13.0. The Morgan fingerprint density at radius 2 is 2.00 bits per heavy atom. The number of aliphatic hydroxyl groups is 1. The fraction of sp³-hybridized carbons (Fsp3) is 0.923. The molecule has 0 bridgehead atoms. The van der Waals surface area contributed by atoms with Crippen LogP contribution in [-0.2, 0) is 4.79 Å². The Labute approximate surface area is 109 Å². The summed E-state index contributed by atoms with van der Waals surface area (Å²) in [5.74, 6) is 0.182. The summed E-state index contributed by atoms with van der Waals surface area (Å²) in [6.45, 7) is 7.13. The van der Waals surface area contributed by atoms with Crippen LogP contribution in [0.2, 0.25) is 0 Å². The maximum Gasteiger partial charge on any atom is 0.237 e. The number of hydrogen-bond acceptors (Lipinski definition) is 4. The average Bonchev–Trinajstić information content (AvgIpc) is 3.20. The summed E-state index contributed by atoms with van der Waals surface area (Å²) in [7, 11) is 0. The summed E-state index contributed by atoms with van der Waals surface area (Å²) in [5, 5.41) is 11.9. The Kier molecular flexibility index (Phi) is 4.97. The molecule has 2 N–H and O–H groups in total. The number of aliphatic hydroxyl groups excluding tert-OH is 1. The molecule has 0 spiro atoms. The third-order valence-electron chi connectivity index (χ3n) is 3.89. The molecular weight excluding hydrogens is 230 g/mol. The number of hydrogen-bond donors (Lipinski definition) is 2. The van der Waals surface area contributed by atoms with Crippen molar-refractivity contribution >= 4 is 5.91 Å². The summed E-state index contributed by atoms with van der Waals surface area (Å²) in [6, 6.07) is 0.441. The van der Waals surface area contributed by atoms with Crippen LogP contribution in [0.1, 0.15) is 26.2 Å². The number of piperazine rings is 1. The molecule has 1 aliphatic heterocycles. The van der Waals surface area contributed by atoms with Gasteiger partial charge in [0.05, 0.1) is 6.04 Å². The van der Waals surface area contributed by atoms with Gasteiger partial charge < -0.3 is 15.3 Å². The molecule has 18 heavy (non-hydrogen) atoms. The Hall–Kier alpha value is -0.650. The predicted octanol–water partition coefficient (Wildman–Crippen LogP) is -0.346. The summed E-state index contributed by atoms with van der Waals surface area (Å²) in [5.41, 5.74) is 0. The minimum absolute atomic E-state index is 0.00871. The molecule has 2 rings (SSSR count). The molecular formula is C13H25N3O2. The second-order valence-corrected chi connectivity index (χ2v) is 5.41. The second kappa shape index (κ2) is 6.50. The molecule has 0 aromatic carbocycles. The van der Waals surface area contributed by atoms with Crippen LogP contribution in [0.5, 0.6) is 0 Å². The quantitative estimate of drug-likeness (QED) is 0.681. The maximum absolute atomic E-state index is 11.9. The van der Waals surface area contributed by atoms with Crippen molar-refractivity contribution in [3.8, 4) is 0 Å². The Morgan fingerprint density at radius 3 is 2.56 bits per heavy atom. The number of nitrogens with one attached hydrogen (secondary N) is 1. The van der Waals surface area contributed by atoms with E-state index in [4.69, 9.17) is 5.11 Å². The van der Waals surface area contributed by atoms with Crippen molar-refractivity contribution in [3.05, 3.63) is 0 Å². The van der Waals surface area contributed by atoms with Crippen molar-refractivity contribution in [2.45, 2.75) is 38.3 Å². The normalized spacial score (nSPS) is 23.9. The van der Waals surface area contributed by atoms with Gasteiger partial charge in [-0.05, 0) is 26.2 Å². The van der Waals surface area contributed by atoms with Gasteiger partial charge in [-0.2, -0.15) is 0 Å². The van der Waals surface area contributed by atoms with Crippen LogP contribution < -0.4 is 5.32 Å². The average molecular weight is 255 g/mol. The fourth-order valence-electron chi connectivity index (χ4n) is 2.38. The second-order valence-electron chi connectivity index (χ2n) is 5.41. The van der Waals surface area contributed by atoms with Crippen molar-refractivity contribution in [3.63, 3.8) is 0 Å². The summed E-state index contributed by atoms with van der Waals surface area (Å²) >= 11 is 0. The molecule has 0 aromatic rings. The molecule has 5 nitrogen and oxygen atoms in total. The Morgan fingerprint density at radius 1 is 1.33 bits per heavy atom. The van der Waals surface area contributed by atoms with Gasteiger partial charge in [0.1, 0.15) is 0 Å². The molecule has 1 atom stereocenters. The highest BCUT2D eigenvalue weighted by molar-refractivity contribution is 5.81. The van der Waals surface area contributed by atoms with Gasteiger partial charge in [0, 0.05) is 45.4 Å². The van der Waals surface area contributed by atoms with Crippen LogP contribution in [0, 0.1) is 0 Å². The summed E-state index contributed by atoms with van der Waals surface area (Å²) in [6.07, 6.45) is 3.14. The third-order valence-corrected chi connectivity index (χ3v) is 3.89. The first-order chi connectivity index (χ1) is 8.70. The molecule has 1 amide bonds. The lowest BCUT2D eigenvalue weighted by Crippen LogP contribution is -2.54. The van der Waals surface area contributed by atoms with Gasteiger partial charge in [-0.15, -0.1) is 0 Å². The molecule has 1 heterocycles. The predicted molar refractivity (Wildman–Crippen MR) is 70.3 cm³/mol. The van der Waals surface area contributed by atoms with E-state index in [0.717, 1.165) is 52.0 Å². The van der Waals surface area contributed by atoms with E-state index in [1.54, 1.807) is 0 Å². The zero-order valence-electron chi connectivity index (χ0n) is 11.3. The molecule has 104 valence electrons. The van der Waals surface area contributed by atoms with Crippen molar-refractivity contribution in [2.24, 2.45) is 0 Å². The Balaban J connectivity index is 1.69. The summed E-state index contributed by atoms with van der Waals surface area (Å²) in [4.78, 5) is 16.6. The largest absolute Gasteiger partial charge is 0.396 e. The van der Waals surface area contributed by atoms with E-state index >= 15 is 0 Å². The van der Waals surface area contributed by atoms with E-state index in [2.05, 4.69) is 15.1 Å². The van der Waals surface area contributed by atoms with Crippen molar-refractivity contribution in [1.82, 2.24) is 15.1 Å². The van der Waals surface area contributed by atoms with Gasteiger partial charge in [-0.25, -0.2) is 0 Å². The highest BCUT2D eigenvalue weighted by Crippen LogP contribution is 2.19. The standard InChI is InChI=1S/C13H25N3O2/c1-11(13(18)14-12-3-4-12)16-8-6-15(7-9-16)5-2-10-17/h11-12,17H,2-10H2,1H3,(H,14,18). The van der Waals surface area contributed by atoms with Crippen LogP contribution in [0.25, 0.3) is 0 Å². The molecule has 2 aliphatic rings. The van der Waals surface area contributed by atoms with Gasteiger partial charge in [0.25, 0.3) is 0 Å². The van der Waals surface area contributed by atoms with Crippen LogP contribution >= 0.6 is 0 Å². The first-order valence-corrected chi connectivity index (χ1v) is 7.08. The van der Waals surface area contributed by atoms with Crippen molar-refractivity contribution in [2.75, 3.05) is 39.3 Å². The number of carbonyl (C=O) groups excluding carboxylic acids is 1. The molecule has 0 aromatic heterocycles. The zero-order valence-corrected chi connectivity index (χ0v) is 11.3. The van der Waals surface area contributed by atoms with Gasteiger partial charge in [-0.3, -0.25) is 9.69 Å². The molecule has 1 aliphatic carbocycles. The van der Waals surface area contributed by atoms with Crippen molar-refractivity contribution < 1.29 is 9.90 Å². The highest BCUT2D eigenvalue weighted by Gasteiger charge is 2.29. The van der Waals surface area contributed by atoms with Crippen LogP contribution in [0.15, 0.2) is 0 Å². The van der Waals surface area contributed by atoms with Crippen LogP contribution in [0.3, 0.4) is 0 Å². The van der Waals surface area contributed by atoms with Crippen LogP contribution in [0.4, 0.5) is 0 Å². The monoisotopic (exact) mass is 255 g/mol.